The summed E-state index contributed by atoms with van der Waals surface area (Å²) in [7, 11) is 0. The fourth-order valence-corrected chi connectivity index (χ4v) is 8.72. The van der Waals surface area contributed by atoms with Crippen LogP contribution >= 0.6 is 0 Å². The number of aliphatic hydroxyl groups is 2. The van der Waals surface area contributed by atoms with Crippen LogP contribution in [0, 0.1) is 0 Å². The van der Waals surface area contributed by atoms with Crippen LogP contribution in [0.3, 0.4) is 0 Å². The van der Waals surface area contributed by atoms with E-state index >= 15 is 0 Å². The zero-order valence-electron chi connectivity index (χ0n) is 42.5. The molecule has 6 heteroatoms. The van der Waals surface area contributed by atoms with Crippen molar-refractivity contribution in [2.45, 2.75) is 322 Å². The molecule has 0 aromatic rings. The average Bonchev–Trinajstić information content (AvgIpc) is 3.28. The highest BCUT2D eigenvalue weighted by Crippen LogP contribution is 2.18. The Morgan fingerprint density at radius 3 is 1.16 bits per heavy atom. The Hall–Kier alpha value is -1.66. The van der Waals surface area contributed by atoms with Crippen LogP contribution in [0.5, 0.6) is 0 Å². The highest BCUT2D eigenvalue weighted by molar-refractivity contribution is 5.77. The third kappa shape index (κ3) is 46.7. The lowest BCUT2D eigenvalue weighted by atomic mass is 10.0. The van der Waals surface area contributed by atoms with Gasteiger partial charge in [0.15, 0.2) is 0 Å². The molecule has 0 aromatic carbocycles. The molecular weight excluding hydrogens is 779 g/mol. The van der Waals surface area contributed by atoms with Crippen molar-refractivity contribution in [2.24, 2.45) is 0 Å². The summed E-state index contributed by atoms with van der Waals surface area (Å²) in [5.41, 5.74) is 0. The van der Waals surface area contributed by atoms with Gasteiger partial charge in [-0.1, -0.05) is 244 Å². The first-order valence-corrected chi connectivity index (χ1v) is 28.1. The molecule has 0 aliphatic rings. The van der Waals surface area contributed by atoms with Crippen LogP contribution in [0.2, 0.25) is 0 Å². The second kappa shape index (κ2) is 51.3. The lowest BCUT2D eigenvalue weighted by Crippen LogP contribution is -2.46. The van der Waals surface area contributed by atoms with E-state index in [4.69, 9.17) is 4.74 Å². The summed E-state index contributed by atoms with van der Waals surface area (Å²) >= 11 is 0. The van der Waals surface area contributed by atoms with Crippen LogP contribution in [0.15, 0.2) is 24.3 Å². The second-order valence-corrected chi connectivity index (χ2v) is 19.3. The molecule has 0 aromatic heterocycles. The van der Waals surface area contributed by atoms with Crippen molar-refractivity contribution in [1.82, 2.24) is 5.32 Å². The summed E-state index contributed by atoms with van der Waals surface area (Å²) in [6, 6.07) is -0.707. The number of amides is 1. The molecule has 0 rings (SSSR count). The Morgan fingerprint density at radius 1 is 0.444 bits per heavy atom. The van der Waals surface area contributed by atoms with E-state index in [1.54, 1.807) is 0 Å². The Kier molecular flexibility index (Phi) is 50.0. The molecular formula is C57H109NO5. The summed E-state index contributed by atoms with van der Waals surface area (Å²) in [4.78, 5) is 26.2. The molecule has 0 bridgehead atoms. The van der Waals surface area contributed by atoms with E-state index in [0.717, 1.165) is 51.4 Å². The molecule has 0 aliphatic heterocycles. The monoisotopic (exact) mass is 888 g/mol. The SMILES string of the molecule is CCCCCCCC/C=C/CCCCCCCCCC(=O)OC(CCC/C=C\CCCCCCCCC)CC(=O)NC(CO)C(O)CCCCCCCCCCCCCCCCC. The normalized spacial score (nSPS) is 13.3. The van der Waals surface area contributed by atoms with E-state index < -0.39 is 18.2 Å². The molecule has 0 saturated heterocycles. The minimum Gasteiger partial charge on any atom is -0.462 e. The van der Waals surface area contributed by atoms with E-state index in [-0.39, 0.29) is 24.9 Å². The number of allylic oxidation sites excluding steroid dienone is 4. The number of ether oxygens (including phenoxy) is 1. The fraction of sp³-hybridized carbons (Fsp3) is 0.895. The van der Waals surface area contributed by atoms with Gasteiger partial charge in [0.1, 0.15) is 6.10 Å². The number of esters is 1. The van der Waals surface area contributed by atoms with Crippen LogP contribution in [-0.4, -0.2) is 46.9 Å². The Labute approximate surface area is 392 Å². The summed E-state index contributed by atoms with van der Waals surface area (Å²) in [6.45, 7) is 6.49. The molecule has 63 heavy (non-hydrogen) atoms. The molecule has 372 valence electrons. The van der Waals surface area contributed by atoms with Gasteiger partial charge in [0.2, 0.25) is 5.91 Å². The van der Waals surface area contributed by atoms with Gasteiger partial charge in [0.25, 0.3) is 0 Å². The first-order chi connectivity index (χ1) is 31.0. The van der Waals surface area contributed by atoms with Crippen LogP contribution in [0.25, 0.3) is 0 Å². The number of nitrogens with one attached hydrogen (secondary N) is 1. The average molecular weight is 889 g/mol. The minimum atomic E-state index is -0.792. The van der Waals surface area contributed by atoms with E-state index in [1.165, 1.54) is 205 Å². The molecule has 0 saturated carbocycles. The molecule has 6 nitrogen and oxygen atoms in total. The first-order valence-electron chi connectivity index (χ1n) is 28.1. The van der Waals surface area contributed by atoms with Gasteiger partial charge in [-0.15, -0.1) is 0 Å². The molecule has 0 aliphatic carbocycles. The third-order valence-electron chi connectivity index (χ3n) is 13.0. The Bertz CT molecular complexity index is 997. The van der Waals surface area contributed by atoms with Crippen molar-refractivity contribution in [2.75, 3.05) is 6.61 Å². The van der Waals surface area contributed by atoms with Gasteiger partial charge in [0.05, 0.1) is 25.2 Å². The Balaban J connectivity index is 4.51. The summed E-state index contributed by atoms with van der Waals surface area (Å²) in [5.74, 6) is -0.493. The largest absolute Gasteiger partial charge is 0.462 e. The molecule has 3 atom stereocenters. The standard InChI is InChI=1S/C57H109NO5/c1-4-7-10-13-16-19-22-25-27-28-30-32-35-38-41-44-47-50-57(62)63-53(48-45-42-39-36-33-24-21-18-15-12-9-6-3)51-56(61)58-54(52-59)55(60)49-46-43-40-37-34-31-29-26-23-20-17-14-11-8-5-2/h25,27,36,39,53-55,59-60H,4-24,26,28-35,37-38,40-52H2,1-3H3,(H,58,61)/b27-25+,39-36-. The second-order valence-electron chi connectivity index (χ2n) is 19.3. The van der Waals surface area contributed by atoms with Gasteiger partial charge in [-0.3, -0.25) is 9.59 Å². The quantitative estimate of drug-likeness (QED) is 0.0321. The van der Waals surface area contributed by atoms with Gasteiger partial charge in [-0.25, -0.2) is 0 Å². The minimum absolute atomic E-state index is 0.0594. The molecule has 0 spiro atoms. The van der Waals surface area contributed by atoms with E-state index in [9.17, 15) is 19.8 Å². The van der Waals surface area contributed by atoms with Crippen molar-refractivity contribution >= 4 is 11.9 Å². The molecule has 0 heterocycles. The highest BCUT2D eigenvalue weighted by Gasteiger charge is 2.24. The number of carbonyl (C=O) groups excluding carboxylic acids is 2. The number of hydrogen-bond donors (Lipinski definition) is 3. The van der Waals surface area contributed by atoms with E-state index in [0.29, 0.717) is 19.3 Å². The lowest BCUT2D eigenvalue weighted by Gasteiger charge is -2.24. The number of unbranched alkanes of at least 4 members (excludes halogenated alkanes) is 35. The predicted octanol–water partition coefficient (Wildman–Crippen LogP) is 17.1. The predicted molar refractivity (Wildman–Crippen MR) is 273 cm³/mol. The van der Waals surface area contributed by atoms with Crippen LogP contribution in [0.1, 0.15) is 303 Å². The summed E-state index contributed by atoms with van der Waals surface area (Å²) in [5, 5.41) is 23.8. The number of aliphatic hydroxyl groups excluding tert-OH is 2. The number of rotatable bonds is 51. The zero-order chi connectivity index (χ0) is 45.9. The highest BCUT2D eigenvalue weighted by atomic mass is 16.5. The third-order valence-corrected chi connectivity index (χ3v) is 13.0. The maximum absolute atomic E-state index is 13.2. The maximum Gasteiger partial charge on any atom is 0.306 e. The number of hydrogen-bond acceptors (Lipinski definition) is 5. The first kappa shape index (κ1) is 61.3. The molecule has 3 unspecified atom stereocenters. The van der Waals surface area contributed by atoms with Gasteiger partial charge in [0, 0.05) is 6.42 Å². The lowest BCUT2D eigenvalue weighted by molar-refractivity contribution is -0.151. The van der Waals surface area contributed by atoms with Gasteiger partial charge < -0.3 is 20.3 Å². The van der Waals surface area contributed by atoms with E-state index in [1.807, 2.05) is 0 Å². The van der Waals surface area contributed by atoms with Crippen LogP contribution < -0.4 is 5.32 Å². The molecule has 1 amide bonds. The Morgan fingerprint density at radius 2 is 0.778 bits per heavy atom. The summed E-state index contributed by atoms with van der Waals surface area (Å²) < 4.78 is 5.93. The fourth-order valence-electron chi connectivity index (χ4n) is 8.72. The molecule has 3 N–H and O–H groups in total. The van der Waals surface area contributed by atoms with Crippen molar-refractivity contribution in [3.8, 4) is 0 Å². The van der Waals surface area contributed by atoms with Crippen molar-refractivity contribution < 1.29 is 24.5 Å². The van der Waals surface area contributed by atoms with Gasteiger partial charge in [-0.2, -0.15) is 0 Å². The zero-order valence-corrected chi connectivity index (χ0v) is 42.5. The van der Waals surface area contributed by atoms with E-state index in [2.05, 4.69) is 50.4 Å². The smallest absolute Gasteiger partial charge is 0.306 e. The van der Waals surface area contributed by atoms with Gasteiger partial charge >= 0.3 is 5.97 Å². The summed E-state index contributed by atoms with van der Waals surface area (Å²) in [6.07, 6.45) is 59.6. The topological polar surface area (TPSA) is 95.9 Å². The maximum atomic E-state index is 13.2. The molecule has 0 fully saturated rings. The van der Waals surface area contributed by atoms with Crippen LogP contribution in [0.4, 0.5) is 0 Å². The van der Waals surface area contributed by atoms with Crippen molar-refractivity contribution in [3.05, 3.63) is 24.3 Å². The van der Waals surface area contributed by atoms with Gasteiger partial charge in [-0.05, 0) is 70.6 Å². The van der Waals surface area contributed by atoms with Crippen molar-refractivity contribution in [1.29, 1.82) is 0 Å². The van der Waals surface area contributed by atoms with Crippen molar-refractivity contribution in [3.63, 3.8) is 0 Å². The molecule has 0 radical (unpaired) electrons. The van der Waals surface area contributed by atoms with Crippen LogP contribution in [-0.2, 0) is 14.3 Å². The number of carbonyl (C=O) groups is 2.